The third-order valence-corrected chi connectivity index (χ3v) is 2.90. The van der Waals surface area contributed by atoms with E-state index in [1.807, 2.05) is 6.07 Å². The summed E-state index contributed by atoms with van der Waals surface area (Å²) in [6.07, 6.45) is 1.56. The van der Waals surface area contributed by atoms with E-state index < -0.39 is 0 Å². The molecule has 0 aliphatic rings. The molecule has 0 bridgehead atoms. The lowest BCUT2D eigenvalue weighted by atomic mass is 10.5. The Morgan fingerprint density at radius 2 is 2.53 bits per heavy atom. The van der Waals surface area contributed by atoms with E-state index in [0.29, 0.717) is 22.3 Å². The molecule has 0 radical (unpaired) electrons. The number of thiazole rings is 1. The summed E-state index contributed by atoms with van der Waals surface area (Å²) < 4.78 is 4.88. The van der Waals surface area contributed by atoms with Gasteiger partial charge in [-0.15, -0.1) is 0 Å². The van der Waals surface area contributed by atoms with Crippen LogP contribution in [0.25, 0.3) is 0 Å². The highest BCUT2D eigenvalue weighted by Crippen LogP contribution is 2.26. The van der Waals surface area contributed by atoms with Gasteiger partial charge in [0, 0.05) is 6.07 Å². The fraction of sp³-hybridized carbons (Fsp3) is 0.125. The molecule has 0 atom stereocenters. The summed E-state index contributed by atoms with van der Waals surface area (Å²) in [6.45, 7) is 0.467. The zero-order chi connectivity index (χ0) is 10.7. The first-order valence-electron chi connectivity index (χ1n) is 3.99. The van der Waals surface area contributed by atoms with Crippen LogP contribution in [0.5, 0.6) is 0 Å². The predicted molar refractivity (Wildman–Crippen MR) is 55.7 cm³/mol. The van der Waals surface area contributed by atoms with Gasteiger partial charge in [0.15, 0.2) is 16.0 Å². The van der Waals surface area contributed by atoms with E-state index in [4.69, 9.17) is 21.4 Å². The molecule has 0 saturated heterocycles. The van der Waals surface area contributed by atoms with Gasteiger partial charge >= 0.3 is 0 Å². The molecule has 0 aromatic carbocycles. The minimum atomic E-state index is 0.225. The van der Waals surface area contributed by atoms with Gasteiger partial charge in [0.25, 0.3) is 0 Å². The molecule has 76 valence electrons. The van der Waals surface area contributed by atoms with Crippen molar-refractivity contribution in [2.75, 3.05) is 5.32 Å². The molecular formula is C8H5ClN4OS. The molecule has 0 unspecified atom stereocenters. The lowest BCUT2D eigenvalue weighted by Crippen LogP contribution is -1.96. The maximum atomic E-state index is 8.66. The van der Waals surface area contributed by atoms with Crippen LogP contribution in [0.15, 0.2) is 16.8 Å². The maximum Gasteiger partial charge on any atom is 0.185 e. The summed E-state index contributed by atoms with van der Waals surface area (Å²) in [5.41, 5.74) is 0. The molecule has 0 amide bonds. The summed E-state index contributed by atoms with van der Waals surface area (Å²) in [6, 6.07) is 3.70. The van der Waals surface area contributed by atoms with Crippen molar-refractivity contribution in [3.63, 3.8) is 0 Å². The van der Waals surface area contributed by atoms with Crippen molar-refractivity contribution in [1.29, 1.82) is 5.26 Å². The van der Waals surface area contributed by atoms with Gasteiger partial charge in [0.2, 0.25) is 0 Å². The van der Waals surface area contributed by atoms with E-state index in [-0.39, 0.29) is 5.15 Å². The first-order chi connectivity index (χ1) is 7.29. The van der Waals surface area contributed by atoms with Crippen molar-refractivity contribution in [2.45, 2.75) is 6.54 Å². The number of nitrogens with one attached hydrogen (secondary N) is 1. The average molecular weight is 241 g/mol. The minimum Gasteiger partial charge on any atom is -0.360 e. The first-order valence-corrected chi connectivity index (χ1v) is 5.19. The van der Waals surface area contributed by atoms with Gasteiger partial charge < -0.3 is 9.84 Å². The van der Waals surface area contributed by atoms with Gasteiger partial charge in [-0.1, -0.05) is 28.1 Å². The fourth-order valence-corrected chi connectivity index (χ4v) is 1.88. The van der Waals surface area contributed by atoms with Crippen molar-refractivity contribution < 1.29 is 4.52 Å². The summed E-state index contributed by atoms with van der Waals surface area (Å²) in [5, 5.41) is 16.0. The number of halogens is 1. The number of nitrogens with zero attached hydrogens (tertiary/aromatic N) is 3. The second-order valence-corrected chi connectivity index (χ2v) is 3.94. The molecule has 0 fully saturated rings. The molecule has 1 N–H and O–H groups in total. The topological polar surface area (TPSA) is 74.7 Å². The van der Waals surface area contributed by atoms with Crippen LogP contribution in [-0.4, -0.2) is 10.1 Å². The van der Waals surface area contributed by atoms with Crippen molar-refractivity contribution in [1.82, 2.24) is 10.1 Å². The third kappa shape index (κ3) is 2.26. The third-order valence-electron chi connectivity index (χ3n) is 1.59. The SMILES string of the molecule is N#Cc1sc(NCc2ccno2)nc1Cl. The van der Waals surface area contributed by atoms with E-state index in [0.717, 1.165) is 0 Å². The largest absolute Gasteiger partial charge is 0.360 e. The van der Waals surface area contributed by atoms with Crippen LogP contribution in [0.3, 0.4) is 0 Å². The monoisotopic (exact) mass is 240 g/mol. The number of rotatable bonds is 3. The van der Waals surface area contributed by atoms with Gasteiger partial charge in [-0.2, -0.15) is 5.26 Å². The molecular weight excluding hydrogens is 236 g/mol. The summed E-state index contributed by atoms with van der Waals surface area (Å²) in [7, 11) is 0. The Morgan fingerprint density at radius 3 is 3.13 bits per heavy atom. The van der Waals surface area contributed by atoms with Crippen LogP contribution in [0.4, 0.5) is 5.13 Å². The molecule has 0 saturated carbocycles. The molecule has 5 nitrogen and oxygen atoms in total. The summed E-state index contributed by atoms with van der Waals surface area (Å²) >= 11 is 6.91. The van der Waals surface area contributed by atoms with E-state index >= 15 is 0 Å². The molecule has 0 aliphatic carbocycles. The molecule has 2 rings (SSSR count). The van der Waals surface area contributed by atoms with E-state index in [2.05, 4.69) is 15.5 Å². The Kier molecular flexibility index (Phi) is 2.85. The summed E-state index contributed by atoms with van der Waals surface area (Å²) in [4.78, 5) is 4.37. The van der Waals surface area contributed by atoms with Crippen molar-refractivity contribution >= 4 is 28.1 Å². The van der Waals surface area contributed by atoms with Gasteiger partial charge in [-0.05, 0) is 0 Å². The van der Waals surface area contributed by atoms with Gasteiger partial charge in [-0.25, -0.2) is 4.98 Å². The maximum absolute atomic E-state index is 8.66. The Bertz CT molecular complexity index is 487. The van der Waals surface area contributed by atoms with Gasteiger partial charge in [0.05, 0.1) is 12.7 Å². The number of aromatic nitrogens is 2. The van der Waals surface area contributed by atoms with E-state index in [1.54, 1.807) is 12.3 Å². The minimum absolute atomic E-state index is 0.225. The van der Waals surface area contributed by atoms with Crippen LogP contribution in [0.2, 0.25) is 5.15 Å². The first kappa shape index (κ1) is 9.96. The van der Waals surface area contributed by atoms with Crippen molar-refractivity contribution in [3.05, 3.63) is 28.1 Å². The van der Waals surface area contributed by atoms with Crippen LogP contribution in [-0.2, 0) is 6.54 Å². The fourth-order valence-electron chi connectivity index (χ4n) is 0.942. The molecule has 2 aromatic rings. The molecule has 0 aliphatic heterocycles. The van der Waals surface area contributed by atoms with Crippen LogP contribution < -0.4 is 5.32 Å². The van der Waals surface area contributed by atoms with Gasteiger partial charge in [-0.3, -0.25) is 0 Å². The molecule has 15 heavy (non-hydrogen) atoms. The highest BCUT2D eigenvalue weighted by molar-refractivity contribution is 7.16. The predicted octanol–water partition coefficient (Wildman–Crippen LogP) is 2.27. The standard InChI is InChI=1S/C8H5ClN4OS/c9-7-6(3-10)15-8(13-7)11-4-5-1-2-12-14-5/h1-2H,4H2,(H,11,13). The van der Waals surface area contributed by atoms with E-state index in [9.17, 15) is 0 Å². The number of hydrogen-bond donors (Lipinski definition) is 1. The molecule has 2 heterocycles. The second-order valence-electron chi connectivity index (χ2n) is 2.58. The van der Waals surface area contributed by atoms with Crippen molar-refractivity contribution in [3.8, 4) is 6.07 Å². The van der Waals surface area contributed by atoms with Crippen molar-refractivity contribution in [2.24, 2.45) is 0 Å². The highest BCUT2D eigenvalue weighted by Gasteiger charge is 2.08. The zero-order valence-corrected chi connectivity index (χ0v) is 8.97. The smallest absolute Gasteiger partial charge is 0.185 e. The van der Waals surface area contributed by atoms with Gasteiger partial charge in [0.1, 0.15) is 10.9 Å². The summed E-state index contributed by atoms with van der Waals surface area (Å²) in [5.74, 6) is 0.694. The van der Waals surface area contributed by atoms with Crippen LogP contribution in [0.1, 0.15) is 10.6 Å². The lowest BCUT2D eigenvalue weighted by molar-refractivity contribution is 0.388. The molecule has 7 heteroatoms. The van der Waals surface area contributed by atoms with Crippen LogP contribution >= 0.6 is 22.9 Å². The Morgan fingerprint density at radius 1 is 1.67 bits per heavy atom. The normalized spacial score (nSPS) is 9.87. The molecule has 0 spiro atoms. The zero-order valence-electron chi connectivity index (χ0n) is 7.40. The van der Waals surface area contributed by atoms with Crippen LogP contribution in [0, 0.1) is 11.3 Å². The molecule has 2 aromatic heterocycles. The number of hydrogen-bond acceptors (Lipinski definition) is 6. The lowest BCUT2D eigenvalue weighted by Gasteiger charge is -1.96. The second kappa shape index (κ2) is 4.29. The van der Waals surface area contributed by atoms with E-state index in [1.165, 1.54) is 11.3 Å². The quantitative estimate of drug-likeness (QED) is 0.891. The Labute approximate surface area is 94.3 Å². The Hall–Kier alpha value is -1.58. The number of nitriles is 1. The number of anilines is 1. The average Bonchev–Trinajstić information content (AvgIpc) is 2.83. The highest BCUT2D eigenvalue weighted by atomic mass is 35.5. The Balaban J connectivity index is 2.03.